The maximum atomic E-state index is 12.5. The maximum Gasteiger partial charge on any atom is 0.267 e. The summed E-state index contributed by atoms with van der Waals surface area (Å²) in [7, 11) is 0. The molecule has 1 aromatic heterocycles. The second-order valence-electron chi connectivity index (χ2n) is 7.30. The standard InChI is InChI=1S/C20H25N3O2/c1-13(2)20-17(15-7-5-4-6-8-15)11-19(25)23(22-20)12-18(24)21-16-9-14(3)10-16/h4-8,11,13-14,16H,9-10,12H2,1-3H3,(H,21,24)/t14-,16-. The van der Waals surface area contributed by atoms with Gasteiger partial charge in [0, 0.05) is 17.7 Å². The van der Waals surface area contributed by atoms with E-state index in [1.807, 2.05) is 44.2 Å². The monoisotopic (exact) mass is 339 g/mol. The molecule has 1 aliphatic rings. The van der Waals surface area contributed by atoms with E-state index in [-0.39, 0.29) is 30.0 Å². The Labute approximate surface area is 148 Å². The van der Waals surface area contributed by atoms with Crippen molar-refractivity contribution in [2.24, 2.45) is 5.92 Å². The summed E-state index contributed by atoms with van der Waals surface area (Å²) in [5, 5.41) is 7.48. The Balaban J connectivity index is 1.84. The van der Waals surface area contributed by atoms with Gasteiger partial charge >= 0.3 is 0 Å². The molecule has 0 unspecified atom stereocenters. The first-order valence-electron chi connectivity index (χ1n) is 8.91. The van der Waals surface area contributed by atoms with Crippen LogP contribution in [0.5, 0.6) is 0 Å². The lowest BCUT2D eigenvalue weighted by Gasteiger charge is -2.33. The van der Waals surface area contributed by atoms with E-state index >= 15 is 0 Å². The molecule has 1 aliphatic carbocycles. The van der Waals surface area contributed by atoms with Gasteiger partial charge in [0.25, 0.3) is 5.56 Å². The number of nitrogens with zero attached hydrogens (tertiary/aromatic N) is 2. The van der Waals surface area contributed by atoms with Crippen LogP contribution in [-0.2, 0) is 11.3 Å². The van der Waals surface area contributed by atoms with Crippen molar-refractivity contribution in [3.63, 3.8) is 0 Å². The Morgan fingerprint density at radius 2 is 1.96 bits per heavy atom. The molecule has 1 fully saturated rings. The van der Waals surface area contributed by atoms with E-state index in [2.05, 4.69) is 17.3 Å². The summed E-state index contributed by atoms with van der Waals surface area (Å²) in [6.45, 7) is 6.23. The van der Waals surface area contributed by atoms with Crippen molar-refractivity contribution in [3.8, 4) is 11.1 Å². The molecule has 1 N–H and O–H groups in total. The highest BCUT2D eigenvalue weighted by molar-refractivity contribution is 5.76. The van der Waals surface area contributed by atoms with Gasteiger partial charge in [-0.15, -0.1) is 0 Å². The van der Waals surface area contributed by atoms with Gasteiger partial charge < -0.3 is 5.32 Å². The van der Waals surface area contributed by atoms with Crippen molar-refractivity contribution in [1.29, 1.82) is 0 Å². The highest BCUT2D eigenvalue weighted by Gasteiger charge is 2.26. The Kier molecular flexibility index (Phi) is 5.02. The van der Waals surface area contributed by atoms with Gasteiger partial charge in [0.1, 0.15) is 6.54 Å². The summed E-state index contributed by atoms with van der Waals surface area (Å²) in [5.41, 5.74) is 2.39. The predicted molar refractivity (Wildman–Crippen MR) is 98.4 cm³/mol. The van der Waals surface area contributed by atoms with Crippen LogP contribution in [0.3, 0.4) is 0 Å². The summed E-state index contributed by atoms with van der Waals surface area (Å²) in [6.07, 6.45) is 2.02. The van der Waals surface area contributed by atoms with E-state index in [0.29, 0.717) is 5.92 Å². The minimum Gasteiger partial charge on any atom is -0.352 e. The Morgan fingerprint density at radius 1 is 1.28 bits per heavy atom. The Bertz CT molecular complexity index is 805. The third kappa shape index (κ3) is 3.98. The van der Waals surface area contributed by atoms with Crippen LogP contribution in [0.15, 0.2) is 41.2 Å². The van der Waals surface area contributed by atoms with E-state index in [0.717, 1.165) is 29.7 Å². The number of benzene rings is 1. The lowest BCUT2D eigenvalue weighted by atomic mass is 9.82. The fourth-order valence-electron chi connectivity index (χ4n) is 3.32. The first-order valence-corrected chi connectivity index (χ1v) is 8.91. The second kappa shape index (κ2) is 7.21. The zero-order valence-corrected chi connectivity index (χ0v) is 15.0. The second-order valence-corrected chi connectivity index (χ2v) is 7.30. The molecule has 0 aliphatic heterocycles. The minimum atomic E-state index is -0.250. The molecule has 0 bridgehead atoms. The van der Waals surface area contributed by atoms with Gasteiger partial charge in [0.05, 0.1) is 5.69 Å². The van der Waals surface area contributed by atoms with Crippen molar-refractivity contribution in [2.45, 2.75) is 52.1 Å². The van der Waals surface area contributed by atoms with Gasteiger partial charge in [-0.1, -0.05) is 51.1 Å². The number of aromatic nitrogens is 2. The van der Waals surface area contributed by atoms with Crippen LogP contribution in [0.25, 0.3) is 11.1 Å². The average Bonchev–Trinajstić information content (AvgIpc) is 2.55. The van der Waals surface area contributed by atoms with Crippen LogP contribution in [0.1, 0.15) is 45.2 Å². The molecule has 132 valence electrons. The van der Waals surface area contributed by atoms with Crippen LogP contribution in [0.2, 0.25) is 0 Å². The molecule has 1 aromatic carbocycles. The highest BCUT2D eigenvalue weighted by Crippen LogP contribution is 2.27. The summed E-state index contributed by atoms with van der Waals surface area (Å²) in [6, 6.07) is 11.6. The highest BCUT2D eigenvalue weighted by atomic mass is 16.2. The molecule has 3 rings (SSSR count). The molecule has 0 atom stereocenters. The van der Waals surface area contributed by atoms with E-state index in [9.17, 15) is 9.59 Å². The molecule has 2 aromatic rings. The number of nitrogens with one attached hydrogen (secondary N) is 1. The molecule has 1 amide bonds. The van der Waals surface area contributed by atoms with Crippen LogP contribution < -0.4 is 10.9 Å². The van der Waals surface area contributed by atoms with Crippen molar-refractivity contribution in [1.82, 2.24) is 15.1 Å². The molecule has 5 heteroatoms. The third-order valence-electron chi connectivity index (χ3n) is 4.69. The number of hydrogen-bond acceptors (Lipinski definition) is 3. The summed E-state index contributed by atoms with van der Waals surface area (Å²) >= 11 is 0. The van der Waals surface area contributed by atoms with Gasteiger partial charge in [-0.2, -0.15) is 5.10 Å². The average molecular weight is 339 g/mol. The summed E-state index contributed by atoms with van der Waals surface area (Å²) < 4.78 is 1.28. The zero-order valence-electron chi connectivity index (χ0n) is 15.0. The van der Waals surface area contributed by atoms with Gasteiger partial charge in [-0.3, -0.25) is 9.59 Å². The van der Waals surface area contributed by atoms with Crippen LogP contribution in [0.4, 0.5) is 0 Å². The van der Waals surface area contributed by atoms with Gasteiger partial charge in [-0.25, -0.2) is 4.68 Å². The smallest absolute Gasteiger partial charge is 0.267 e. The lowest BCUT2D eigenvalue weighted by molar-refractivity contribution is -0.123. The predicted octanol–water partition coefficient (Wildman–Crippen LogP) is 2.95. The van der Waals surface area contributed by atoms with Crippen molar-refractivity contribution in [3.05, 3.63) is 52.4 Å². The number of hydrogen-bond donors (Lipinski definition) is 1. The van der Waals surface area contributed by atoms with Crippen molar-refractivity contribution >= 4 is 5.91 Å². The largest absolute Gasteiger partial charge is 0.352 e. The molecular formula is C20H25N3O2. The van der Waals surface area contributed by atoms with Crippen LogP contribution in [0, 0.1) is 5.92 Å². The Morgan fingerprint density at radius 3 is 2.56 bits per heavy atom. The first kappa shape index (κ1) is 17.4. The van der Waals surface area contributed by atoms with Gasteiger partial charge in [0.2, 0.25) is 5.91 Å². The molecular weight excluding hydrogens is 314 g/mol. The molecule has 0 radical (unpaired) electrons. The molecule has 0 saturated heterocycles. The van der Waals surface area contributed by atoms with Crippen molar-refractivity contribution < 1.29 is 4.79 Å². The number of carbonyl (C=O) groups excluding carboxylic acids is 1. The fourth-order valence-corrected chi connectivity index (χ4v) is 3.32. The Hall–Kier alpha value is -2.43. The molecule has 1 heterocycles. The van der Waals surface area contributed by atoms with Crippen molar-refractivity contribution in [2.75, 3.05) is 0 Å². The quantitative estimate of drug-likeness (QED) is 0.911. The zero-order chi connectivity index (χ0) is 18.0. The van der Waals surface area contributed by atoms with E-state index < -0.39 is 0 Å². The molecule has 5 nitrogen and oxygen atoms in total. The lowest BCUT2D eigenvalue weighted by Crippen LogP contribution is -2.45. The van der Waals surface area contributed by atoms with E-state index in [1.165, 1.54) is 4.68 Å². The van der Waals surface area contributed by atoms with Crippen LogP contribution in [-0.4, -0.2) is 21.7 Å². The number of amides is 1. The molecule has 25 heavy (non-hydrogen) atoms. The summed E-state index contributed by atoms with van der Waals surface area (Å²) in [5.74, 6) is 0.676. The topological polar surface area (TPSA) is 64.0 Å². The normalized spacial score (nSPS) is 19.5. The first-order chi connectivity index (χ1) is 11.9. The summed E-state index contributed by atoms with van der Waals surface area (Å²) in [4.78, 5) is 24.7. The number of carbonyl (C=O) groups is 1. The fraction of sp³-hybridized carbons (Fsp3) is 0.450. The number of rotatable bonds is 5. The van der Waals surface area contributed by atoms with E-state index in [4.69, 9.17) is 0 Å². The van der Waals surface area contributed by atoms with Crippen LogP contribution >= 0.6 is 0 Å². The third-order valence-corrected chi connectivity index (χ3v) is 4.69. The van der Waals surface area contributed by atoms with E-state index in [1.54, 1.807) is 6.07 Å². The SMILES string of the molecule is CC(C)c1nn(CC(=O)N[C@H]2C[C@H](C)C2)c(=O)cc1-c1ccccc1. The maximum absolute atomic E-state index is 12.5. The molecule has 0 spiro atoms. The minimum absolute atomic E-state index is 0.0293. The van der Waals surface area contributed by atoms with Gasteiger partial charge in [0.15, 0.2) is 0 Å². The molecule has 1 saturated carbocycles. The van der Waals surface area contributed by atoms with Gasteiger partial charge in [-0.05, 0) is 30.2 Å².